The number of rotatable bonds is 5. The Kier molecular flexibility index (Phi) is 4.95. The Morgan fingerprint density at radius 3 is 2.25 bits per heavy atom. The van der Waals surface area contributed by atoms with E-state index in [1.807, 2.05) is 37.3 Å². The average molecular weight is 320 g/mol. The topological polar surface area (TPSA) is 9.23 Å². The predicted molar refractivity (Wildman–Crippen MR) is 97.8 cm³/mol. The fraction of sp³-hybridized carbons (Fsp3) is 0.182. The molecule has 0 amide bonds. The third-order valence-electron chi connectivity index (χ3n) is 4.05. The summed E-state index contributed by atoms with van der Waals surface area (Å²) in [6.45, 7) is 4.62. The third kappa shape index (κ3) is 3.48. The van der Waals surface area contributed by atoms with Gasteiger partial charge >= 0.3 is 0 Å². The molecule has 0 heterocycles. The lowest BCUT2D eigenvalue weighted by Gasteiger charge is -2.11. The maximum Gasteiger partial charge on any atom is 0.165 e. The van der Waals surface area contributed by atoms with Gasteiger partial charge in [-0.2, -0.15) is 0 Å². The van der Waals surface area contributed by atoms with Gasteiger partial charge in [0.25, 0.3) is 0 Å². The Morgan fingerprint density at radius 2 is 1.54 bits per heavy atom. The molecule has 0 spiro atoms. The molecule has 0 bridgehead atoms. The van der Waals surface area contributed by atoms with Crippen molar-refractivity contribution in [3.8, 4) is 28.0 Å². The number of benzene rings is 3. The van der Waals surface area contributed by atoms with Gasteiger partial charge in [0, 0.05) is 0 Å². The highest BCUT2D eigenvalue weighted by Crippen LogP contribution is 2.31. The van der Waals surface area contributed by atoms with Crippen LogP contribution in [0.1, 0.15) is 18.9 Å². The van der Waals surface area contributed by atoms with Gasteiger partial charge in [0.1, 0.15) is 0 Å². The van der Waals surface area contributed by atoms with Gasteiger partial charge in [-0.3, -0.25) is 0 Å². The average Bonchev–Trinajstić information content (AvgIpc) is 2.62. The van der Waals surface area contributed by atoms with E-state index in [9.17, 15) is 4.39 Å². The molecule has 24 heavy (non-hydrogen) atoms. The second-order valence-electron chi connectivity index (χ2n) is 5.89. The molecule has 0 unspecified atom stereocenters. The van der Waals surface area contributed by atoms with Crippen molar-refractivity contribution in [3.05, 3.63) is 78.1 Å². The van der Waals surface area contributed by atoms with Crippen molar-refractivity contribution in [3.63, 3.8) is 0 Å². The van der Waals surface area contributed by atoms with E-state index in [2.05, 4.69) is 31.2 Å². The highest BCUT2D eigenvalue weighted by atomic mass is 19.1. The van der Waals surface area contributed by atoms with E-state index in [0.29, 0.717) is 12.4 Å². The Labute approximate surface area is 142 Å². The molecule has 0 aliphatic rings. The van der Waals surface area contributed by atoms with Crippen molar-refractivity contribution in [2.24, 2.45) is 0 Å². The normalized spacial score (nSPS) is 10.6. The quantitative estimate of drug-likeness (QED) is 0.539. The van der Waals surface area contributed by atoms with E-state index in [4.69, 9.17) is 4.74 Å². The minimum absolute atomic E-state index is 0.316. The number of ether oxygens (including phenoxy) is 1. The summed E-state index contributed by atoms with van der Waals surface area (Å²) in [5, 5.41) is 0. The van der Waals surface area contributed by atoms with Gasteiger partial charge in [-0.15, -0.1) is 0 Å². The zero-order valence-corrected chi connectivity index (χ0v) is 14.1. The fourth-order valence-corrected chi connectivity index (χ4v) is 2.74. The van der Waals surface area contributed by atoms with Crippen molar-refractivity contribution in [1.29, 1.82) is 0 Å². The van der Waals surface area contributed by atoms with E-state index in [1.54, 1.807) is 12.1 Å². The molecule has 122 valence electrons. The molecule has 1 nitrogen and oxygen atoms in total. The van der Waals surface area contributed by atoms with Gasteiger partial charge in [0.15, 0.2) is 11.6 Å². The van der Waals surface area contributed by atoms with Crippen LogP contribution in [-0.4, -0.2) is 6.61 Å². The third-order valence-corrected chi connectivity index (χ3v) is 4.05. The largest absolute Gasteiger partial charge is 0.491 e. The maximum absolute atomic E-state index is 14.2. The zero-order chi connectivity index (χ0) is 16.9. The molecule has 0 radical (unpaired) electrons. The lowest BCUT2D eigenvalue weighted by molar-refractivity contribution is 0.301. The van der Waals surface area contributed by atoms with Gasteiger partial charge in [-0.05, 0) is 59.4 Å². The van der Waals surface area contributed by atoms with Crippen LogP contribution in [0.3, 0.4) is 0 Å². The molecule has 3 aromatic carbocycles. The van der Waals surface area contributed by atoms with Crippen LogP contribution in [0.15, 0.2) is 66.7 Å². The molecule has 0 saturated carbocycles. The second-order valence-corrected chi connectivity index (χ2v) is 5.89. The molecule has 0 atom stereocenters. The molecular formula is C22H21FO. The maximum atomic E-state index is 14.2. The lowest BCUT2D eigenvalue weighted by atomic mass is 9.95. The summed E-state index contributed by atoms with van der Waals surface area (Å²) in [7, 11) is 0. The van der Waals surface area contributed by atoms with Crippen LogP contribution >= 0.6 is 0 Å². The molecule has 0 saturated heterocycles. The molecule has 0 N–H and O–H groups in total. The molecule has 0 aromatic heterocycles. The summed E-state index contributed by atoms with van der Waals surface area (Å²) in [5.74, 6) is -0.00113. The SMILES string of the molecule is CCCOc1ccc(-c2ccc(C)c(-c3ccccc3)c2)cc1F. The summed E-state index contributed by atoms with van der Waals surface area (Å²) in [6, 6.07) is 21.6. The molecule has 0 aliphatic carbocycles. The fourth-order valence-electron chi connectivity index (χ4n) is 2.74. The minimum Gasteiger partial charge on any atom is -0.491 e. The summed E-state index contributed by atoms with van der Waals surface area (Å²) < 4.78 is 19.7. The first-order valence-electron chi connectivity index (χ1n) is 8.28. The van der Waals surface area contributed by atoms with Crippen LogP contribution in [0.25, 0.3) is 22.3 Å². The molecular weight excluding hydrogens is 299 g/mol. The van der Waals surface area contributed by atoms with Crippen LogP contribution in [-0.2, 0) is 0 Å². The summed E-state index contributed by atoms with van der Waals surface area (Å²) in [5.41, 5.74) is 5.39. The summed E-state index contributed by atoms with van der Waals surface area (Å²) in [6.07, 6.45) is 0.861. The van der Waals surface area contributed by atoms with Crippen molar-refractivity contribution in [2.75, 3.05) is 6.61 Å². The van der Waals surface area contributed by atoms with Gasteiger partial charge in [-0.25, -0.2) is 4.39 Å². The minimum atomic E-state index is -0.317. The summed E-state index contributed by atoms with van der Waals surface area (Å²) >= 11 is 0. The molecule has 0 aliphatic heterocycles. The van der Waals surface area contributed by atoms with Crippen LogP contribution in [0.5, 0.6) is 5.75 Å². The van der Waals surface area contributed by atoms with E-state index in [0.717, 1.165) is 17.5 Å². The molecule has 3 rings (SSSR count). The van der Waals surface area contributed by atoms with E-state index in [-0.39, 0.29) is 5.82 Å². The monoisotopic (exact) mass is 320 g/mol. The van der Waals surface area contributed by atoms with E-state index < -0.39 is 0 Å². The van der Waals surface area contributed by atoms with Crippen molar-refractivity contribution in [2.45, 2.75) is 20.3 Å². The van der Waals surface area contributed by atoms with Gasteiger partial charge in [0.05, 0.1) is 6.61 Å². The number of hydrogen-bond donors (Lipinski definition) is 0. The summed E-state index contributed by atoms with van der Waals surface area (Å²) in [4.78, 5) is 0. The van der Waals surface area contributed by atoms with Crippen molar-refractivity contribution < 1.29 is 9.13 Å². The lowest BCUT2D eigenvalue weighted by Crippen LogP contribution is -1.97. The van der Waals surface area contributed by atoms with Crippen LogP contribution < -0.4 is 4.74 Å². The highest BCUT2D eigenvalue weighted by Gasteiger charge is 2.08. The molecule has 2 heteroatoms. The number of halogens is 1. The first-order chi connectivity index (χ1) is 11.7. The first-order valence-corrected chi connectivity index (χ1v) is 8.28. The van der Waals surface area contributed by atoms with Crippen LogP contribution in [0, 0.1) is 12.7 Å². The highest BCUT2D eigenvalue weighted by molar-refractivity contribution is 5.75. The van der Waals surface area contributed by atoms with Crippen LogP contribution in [0.4, 0.5) is 4.39 Å². The van der Waals surface area contributed by atoms with Gasteiger partial charge in [-0.1, -0.05) is 55.5 Å². The van der Waals surface area contributed by atoms with E-state index >= 15 is 0 Å². The standard InChI is InChI=1S/C22H21FO/c1-3-13-24-22-12-11-19(15-21(22)23)18-10-9-16(2)20(14-18)17-7-5-4-6-8-17/h4-12,14-15H,3,13H2,1-2H3. The van der Waals surface area contributed by atoms with Gasteiger partial charge in [0.2, 0.25) is 0 Å². The van der Waals surface area contributed by atoms with E-state index in [1.165, 1.54) is 16.7 Å². The van der Waals surface area contributed by atoms with Crippen LogP contribution in [0.2, 0.25) is 0 Å². The molecule has 0 fully saturated rings. The molecule has 3 aromatic rings. The first kappa shape index (κ1) is 16.3. The Hall–Kier alpha value is -2.61. The van der Waals surface area contributed by atoms with Crippen molar-refractivity contribution >= 4 is 0 Å². The number of aryl methyl sites for hydroxylation is 1. The smallest absolute Gasteiger partial charge is 0.165 e. The van der Waals surface area contributed by atoms with Crippen molar-refractivity contribution in [1.82, 2.24) is 0 Å². The number of hydrogen-bond acceptors (Lipinski definition) is 1. The second kappa shape index (κ2) is 7.31. The Balaban J connectivity index is 1.97. The van der Waals surface area contributed by atoms with Gasteiger partial charge < -0.3 is 4.74 Å². The Bertz CT molecular complexity index is 825. The Morgan fingerprint density at radius 1 is 0.833 bits per heavy atom. The zero-order valence-electron chi connectivity index (χ0n) is 14.1. The predicted octanol–water partition coefficient (Wildman–Crippen LogP) is 6.26.